The lowest BCUT2D eigenvalue weighted by Gasteiger charge is -2.30. The molecule has 4 heterocycles. The van der Waals surface area contributed by atoms with Gasteiger partial charge in [0.15, 0.2) is 0 Å². The third-order valence-electron chi connectivity index (χ3n) is 6.39. The number of carbonyl (C=O) groups excluding carboxylic acids is 1. The minimum absolute atomic E-state index is 0.207. The molecular weight excluding hydrogens is 350 g/mol. The van der Waals surface area contributed by atoms with E-state index in [0.29, 0.717) is 19.1 Å². The van der Waals surface area contributed by atoms with Crippen molar-refractivity contribution in [3.05, 3.63) is 58.7 Å². The number of benzene rings is 1. The van der Waals surface area contributed by atoms with Crippen LogP contribution in [-0.2, 0) is 30.8 Å². The molecule has 1 atom stereocenters. The van der Waals surface area contributed by atoms with E-state index < -0.39 is 0 Å². The fourth-order valence-corrected chi connectivity index (χ4v) is 4.75. The summed E-state index contributed by atoms with van der Waals surface area (Å²) in [5, 5.41) is 0. The van der Waals surface area contributed by atoms with Crippen LogP contribution < -0.4 is 0 Å². The number of likely N-dealkylation sites (tertiary alicyclic amines) is 1. The summed E-state index contributed by atoms with van der Waals surface area (Å²) in [6.07, 6.45) is 5.13. The van der Waals surface area contributed by atoms with Gasteiger partial charge in [-0.25, -0.2) is 9.97 Å². The van der Waals surface area contributed by atoms with Crippen LogP contribution in [0.5, 0.6) is 0 Å². The van der Waals surface area contributed by atoms with Gasteiger partial charge >= 0.3 is 0 Å². The maximum Gasteiger partial charge on any atom is 0.237 e. The van der Waals surface area contributed by atoms with Crippen molar-refractivity contribution in [3.8, 4) is 0 Å². The summed E-state index contributed by atoms with van der Waals surface area (Å²) in [6, 6.07) is 8.82. The van der Waals surface area contributed by atoms with E-state index in [-0.39, 0.29) is 5.91 Å². The van der Waals surface area contributed by atoms with E-state index >= 15 is 0 Å². The van der Waals surface area contributed by atoms with E-state index in [1.165, 1.54) is 17.5 Å². The predicted octanol–water partition coefficient (Wildman–Crippen LogP) is 2.14. The van der Waals surface area contributed by atoms with E-state index in [1.54, 1.807) is 0 Å². The highest BCUT2D eigenvalue weighted by Gasteiger charge is 2.29. The molecule has 0 N–H and O–H groups in total. The Morgan fingerprint density at radius 1 is 1.11 bits per heavy atom. The fourth-order valence-electron chi connectivity index (χ4n) is 4.75. The van der Waals surface area contributed by atoms with Crippen molar-refractivity contribution >= 4 is 5.91 Å². The summed E-state index contributed by atoms with van der Waals surface area (Å²) in [5.41, 5.74) is 4.92. The first-order valence-corrected chi connectivity index (χ1v) is 10.3. The Balaban J connectivity index is 1.23. The molecule has 2 aromatic rings. The van der Waals surface area contributed by atoms with Crippen molar-refractivity contribution in [3.63, 3.8) is 0 Å². The molecule has 1 saturated heterocycles. The van der Waals surface area contributed by atoms with Crippen molar-refractivity contribution in [2.24, 2.45) is 0 Å². The molecule has 3 aliphatic heterocycles. The van der Waals surface area contributed by atoms with Crippen LogP contribution in [0.1, 0.15) is 47.1 Å². The monoisotopic (exact) mass is 377 g/mol. The van der Waals surface area contributed by atoms with Crippen LogP contribution in [0.3, 0.4) is 0 Å². The van der Waals surface area contributed by atoms with Crippen molar-refractivity contribution in [1.82, 2.24) is 24.7 Å². The number of amides is 1. The third-order valence-corrected chi connectivity index (χ3v) is 6.39. The zero-order valence-corrected chi connectivity index (χ0v) is 16.5. The van der Waals surface area contributed by atoms with Gasteiger partial charge in [-0.15, -0.1) is 0 Å². The van der Waals surface area contributed by atoms with Gasteiger partial charge in [-0.1, -0.05) is 24.3 Å². The lowest BCUT2D eigenvalue weighted by molar-refractivity contribution is -0.133. The van der Waals surface area contributed by atoms with Gasteiger partial charge in [0.05, 0.1) is 18.3 Å². The van der Waals surface area contributed by atoms with E-state index in [2.05, 4.69) is 46.1 Å². The van der Waals surface area contributed by atoms with Crippen molar-refractivity contribution in [1.29, 1.82) is 0 Å². The normalized spacial score (nSPS) is 22.3. The smallest absolute Gasteiger partial charge is 0.237 e. The molecule has 146 valence electrons. The number of fused-ring (bicyclic) bond motifs is 2. The number of carbonyl (C=O) groups is 1. The van der Waals surface area contributed by atoms with Crippen molar-refractivity contribution in [2.75, 3.05) is 26.7 Å². The zero-order valence-electron chi connectivity index (χ0n) is 16.5. The first kappa shape index (κ1) is 17.8. The Morgan fingerprint density at radius 3 is 2.61 bits per heavy atom. The molecule has 3 aliphatic rings. The van der Waals surface area contributed by atoms with Gasteiger partial charge in [-0.05, 0) is 37.6 Å². The summed E-state index contributed by atoms with van der Waals surface area (Å²) in [6.45, 7) is 4.73. The quantitative estimate of drug-likeness (QED) is 0.820. The highest BCUT2D eigenvalue weighted by molar-refractivity contribution is 5.78. The molecule has 0 spiro atoms. The Bertz CT molecular complexity index is 873. The highest BCUT2D eigenvalue weighted by Crippen LogP contribution is 2.29. The summed E-state index contributed by atoms with van der Waals surface area (Å²) in [7, 11) is 2.15. The Labute approximate surface area is 166 Å². The third kappa shape index (κ3) is 3.31. The van der Waals surface area contributed by atoms with Gasteiger partial charge in [-0.3, -0.25) is 14.6 Å². The molecule has 0 bridgehead atoms. The van der Waals surface area contributed by atoms with Gasteiger partial charge in [0.25, 0.3) is 0 Å². The minimum atomic E-state index is 0.207. The van der Waals surface area contributed by atoms with E-state index in [1.807, 2.05) is 11.1 Å². The number of hydrogen-bond acceptors (Lipinski definition) is 5. The first-order chi connectivity index (χ1) is 13.7. The lowest BCUT2D eigenvalue weighted by Crippen LogP contribution is -2.41. The molecule has 6 nitrogen and oxygen atoms in total. The zero-order chi connectivity index (χ0) is 19.1. The predicted molar refractivity (Wildman–Crippen MR) is 106 cm³/mol. The van der Waals surface area contributed by atoms with E-state index in [0.717, 1.165) is 56.1 Å². The molecule has 0 unspecified atom stereocenters. The summed E-state index contributed by atoms with van der Waals surface area (Å²) < 4.78 is 0. The Morgan fingerprint density at radius 2 is 1.89 bits per heavy atom. The van der Waals surface area contributed by atoms with E-state index in [9.17, 15) is 4.79 Å². The van der Waals surface area contributed by atoms with Crippen LogP contribution in [0.15, 0.2) is 30.5 Å². The van der Waals surface area contributed by atoms with Gasteiger partial charge in [-0.2, -0.15) is 0 Å². The summed E-state index contributed by atoms with van der Waals surface area (Å²) >= 11 is 0. The summed E-state index contributed by atoms with van der Waals surface area (Å²) in [4.78, 5) is 28.9. The van der Waals surface area contributed by atoms with Crippen LogP contribution in [0.2, 0.25) is 0 Å². The second-order valence-corrected chi connectivity index (χ2v) is 8.32. The molecule has 6 heteroatoms. The molecule has 1 aromatic heterocycles. The standard InChI is InChI=1S/C22H27N5O/c1-25-9-4-7-20(25)22-23-11-18-14-27(10-8-19(18)24-22)21(28)15-26-12-16-5-2-3-6-17(16)13-26/h2-3,5-6,11,20H,4,7-10,12-15H2,1H3/t20-/m0/s1. The van der Waals surface area contributed by atoms with Gasteiger partial charge < -0.3 is 4.90 Å². The van der Waals surface area contributed by atoms with Crippen LogP contribution in [0, 0.1) is 0 Å². The Kier molecular flexibility index (Phi) is 4.61. The van der Waals surface area contributed by atoms with Gasteiger partial charge in [0.1, 0.15) is 5.82 Å². The van der Waals surface area contributed by atoms with Crippen LogP contribution in [0.25, 0.3) is 0 Å². The van der Waals surface area contributed by atoms with Crippen LogP contribution in [-0.4, -0.2) is 57.3 Å². The lowest BCUT2D eigenvalue weighted by atomic mass is 10.1. The fraction of sp³-hybridized carbons (Fsp3) is 0.500. The minimum Gasteiger partial charge on any atom is -0.337 e. The molecule has 0 saturated carbocycles. The maximum atomic E-state index is 12.9. The topological polar surface area (TPSA) is 52.6 Å². The molecule has 1 amide bonds. The molecule has 1 aromatic carbocycles. The molecule has 28 heavy (non-hydrogen) atoms. The van der Waals surface area contributed by atoms with Gasteiger partial charge in [0, 0.05) is 44.4 Å². The first-order valence-electron chi connectivity index (χ1n) is 10.3. The van der Waals surface area contributed by atoms with Gasteiger partial charge in [0.2, 0.25) is 5.91 Å². The van der Waals surface area contributed by atoms with Crippen molar-refractivity contribution < 1.29 is 4.79 Å². The molecule has 1 fully saturated rings. The second kappa shape index (κ2) is 7.26. The number of hydrogen-bond donors (Lipinski definition) is 0. The molecule has 0 radical (unpaired) electrons. The number of rotatable bonds is 3. The van der Waals surface area contributed by atoms with Crippen LogP contribution in [0.4, 0.5) is 0 Å². The highest BCUT2D eigenvalue weighted by atomic mass is 16.2. The van der Waals surface area contributed by atoms with Crippen molar-refractivity contribution in [2.45, 2.75) is 44.9 Å². The average Bonchev–Trinajstić information content (AvgIpc) is 3.32. The maximum absolute atomic E-state index is 12.9. The molecular formula is C22H27N5O. The van der Waals surface area contributed by atoms with E-state index in [4.69, 9.17) is 4.98 Å². The second-order valence-electron chi connectivity index (χ2n) is 8.32. The number of nitrogens with zero attached hydrogens (tertiary/aromatic N) is 5. The Hall–Kier alpha value is -2.31. The average molecular weight is 377 g/mol. The SMILES string of the molecule is CN1CCC[C@H]1c1ncc2c(n1)CCN(C(=O)CN1Cc3ccccc3C1)C2. The largest absolute Gasteiger partial charge is 0.337 e. The molecule has 5 rings (SSSR count). The summed E-state index contributed by atoms with van der Waals surface area (Å²) in [5.74, 6) is 1.16. The van der Waals surface area contributed by atoms with Crippen LogP contribution >= 0.6 is 0 Å². The number of aromatic nitrogens is 2. The molecule has 0 aliphatic carbocycles.